The molecule has 1 aliphatic rings. The van der Waals surface area contributed by atoms with Crippen LogP contribution in [0.15, 0.2) is 47.2 Å². The molecule has 1 atom stereocenters. The number of hydrogen-bond acceptors (Lipinski definition) is 3. The topological polar surface area (TPSA) is 37.0 Å². The minimum absolute atomic E-state index is 0.426. The number of anilines is 1. The standard InChI is InChI=1S/C15H16BrN3/c16-13-3-4-15-12(7-13)9-18-14(10-19-15)6-11-2-1-5-17-8-11/h1-5,7-8,14,18-19H,6,9-10H2/t14-/m1/s1. The van der Waals surface area contributed by atoms with Crippen LogP contribution in [0.1, 0.15) is 11.1 Å². The lowest BCUT2D eigenvalue weighted by atomic mass is 10.1. The molecule has 0 spiro atoms. The minimum atomic E-state index is 0.426. The van der Waals surface area contributed by atoms with Crippen LogP contribution in [-0.4, -0.2) is 17.6 Å². The molecular formula is C15H16BrN3. The van der Waals surface area contributed by atoms with E-state index in [0.29, 0.717) is 6.04 Å². The number of hydrogen-bond donors (Lipinski definition) is 2. The third kappa shape index (κ3) is 3.14. The van der Waals surface area contributed by atoms with Gasteiger partial charge in [-0.15, -0.1) is 0 Å². The Bertz CT molecular complexity index is 557. The molecule has 0 saturated heterocycles. The highest BCUT2D eigenvalue weighted by molar-refractivity contribution is 9.10. The zero-order chi connectivity index (χ0) is 13.1. The summed E-state index contributed by atoms with van der Waals surface area (Å²) < 4.78 is 1.13. The van der Waals surface area contributed by atoms with Gasteiger partial charge in [0.1, 0.15) is 0 Å². The Kier molecular flexibility index (Phi) is 3.80. The molecule has 0 fully saturated rings. The lowest BCUT2D eigenvalue weighted by molar-refractivity contribution is 0.536. The van der Waals surface area contributed by atoms with Crippen LogP contribution < -0.4 is 10.6 Å². The van der Waals surface area contributed by atoms with Crippen LogP contribution in [-0.2, 0) is 13.0 Å². The lowest BCUT2D eigenvalue weighted by Crippen LogP contribution is -2.34. The SMILES string of the molecule is Brc1ccc2c(c1)CN[C@H](Cc1cccnc1)CN2. The molecule has 2 heterocycles. The molecule has 0 aliphatic carbocycles. The van der Waals surface area contributed by atoms with Gasteiger partial charge in [-0.1, -0.05) is 22.0 Å². The molecule has 1 aliphatic heterocycles. The molecule has 0 unspecified atom stereocenters. The van der Waals surface area contributed by atoms with Crippen molar-refractivity contribution >= 4 is 21.6 Å². The summed E-state index contributed by atoms with van der Waals surface area (Å²) in [6.07, 6.45) is 4.75. The van der Waals surface area contributed by atoms with E-state index >= 15 is 0 Å². The van der Waals surface area contributed by atoms with Gasteiger partial charge in [0.05, 0.1) is 0 Å². The van der Waals surface area contributed by atoms with Gasteiger partial charge in [0.15, 0.2) is 0 Å². The van der Waals surface area contributed by atoms with E-state index in [9.17, 15) is 0 Å². The van der Waals surface area contributed by atoms with Crippen LogP contribution in [0.3, 0.4) is 0 Å². The Hall–Kier alpha value is -1.39. The summed E-state index contributed by atoms with van der Waals surface area (Å²) in [5.41, 5.74) is 3.81. The summed E-state index contributed by atoms with van der Waals surface area (Å²) in [5.74, 6) is 0. The summed E-state index contributed by atoms with van der Waals surface area (Å²) >= 11 is 3.52. The van der Waals surface area contributed by atoms with Gasteiger partial charge in [-0.3, -0.25) is 4.98 Å². The van der Waals surface area contributed by atoms with Crippen molar-refractivity contribution < 1.29 is 0 Å². The Balaban J connectivity index is 1.70. The maximum Gasteiger partial charge on any atom is 0.0387 e. The molecule has 0 radical (unpaired) electrons. The van der Waals surface area contributed by atoms with Gasteiger partial charge >= 0.3 is 0 Å². The van der Waals surface area contributed by atoms with E-state index in [1.807, 2.05) is 18.5 Å². The number of nitrogens with zero attached hydrogens (tertiary/aromatic N) is 1. The number of halogens is 1. The predicted molar refractivity (Wildman–Crippen MR) is 81.2 cm³/mol. The number of fused-ring (bicyclic) bond motifs is 1. The highest BCUT2D eigenvalue weighted by Crippen LogP contribution is 2.23. The second kappa shape index (κ2) is 5.72. The first-order valence-corrected chi connectivity index (χ1v) is 7.25. The number of aromatic nitrogens is 1. The van der Waals surface area contributed by atoms with Crippen LogP contribution >= 0.6 is 15.9 Å². The summed E-state index contributed by atoms with van der Waals surface area (Å²) in [6, 6.07) is 10.9. The van der Waals surface area contributed by atoms with Gasteiger partial charge in [0.2, 0.25) is 0 Å². The molecule has 0 amide bonds. The predicted octanol–water partition coefficient (Wildman–Crippen LogP) is 2.97. The minimum Gasteiger partial charge on any atom is -0.383 e. The smallest absolute Gasteiger partial charge is 0.0387 e. The van der Waals surface area contributed by atoms with Crippen molar-refractivity contribution in [2.75, 3.05) is 11.9 Å². The number of benzene rings is 1. The second-order valence-electron chi connectivity index (χ2n) is 4.83. The molecule has 1 aromatic carbocycles. The van der Waals surface area contributed by atoms with E-state index in [-0.39, 0.29) is 0 Å². The van der Waals surface area contributed by atoms with E-state index in [0.717, 1.165) is 24.0 Å². The first-order chi connectivity index (χ1) is 9.31. The van der Waals surface area contributed by atoms with Crippen LogP contribution in [0.25, 0.3) is 0 Å². The third-order valence-electron chi connectivity index (χ3n) is 3.39. The second-order valence-corrected chi connectivity index (χ2v) is 5.74. The van der Waals surface area contributed by atoms with Crippen molar-refractivity contribution in [1.29, 1.82) is 0 Å². The quantitative estimate of drug-likeness (QED) is 0.894. The average molecular weight is 318 g/mol. The van der Waals surface area contributed by atoms with E-state index in [1.54, 1.807) is 0 Å². The molecule has 1 aromatic heterocycles. The first-order valence-electron chi connectivity index (χ1n) is 6.46. The molecule has 98 valence electrons. The maximum absolute atomic E-state index is 4.17. The zero-order valence-corrected chi connectivity index (χ0v) is 12.2. The molecule has 0 bridgehead atoms. The summed E-state index contributed by atoms with van der Waals surface area (Å²) in [4.78, 5) is 4.17. The van der Waals surface area contributed by atoms with Gasteiger partial charge in [-0.25, -0.2) is 0 Å². The molecule has 3 nitrogen and oxygen atoms in total. The van der Waals surface area contributed by atoms with Crippen molar-refractivity contribution in [3.8, 4) is 0 Å². The third-order valence-corrected chi connectivity index (χ3v) is 3.89. The number of nitrogens with one attached hydrogen (secondary N) is 2. The molecule has 0 saturated carbocycles. The summed E-state index contributed by atoms with van der Waals surface area (Å²) in [5, 5.41) is 7.12. The van der Waals surface area contributed by atoms with E-state index in [2.05, 4.69) is 55.8 Å². The highest BCUT2D eigenvalue weighted by atomic mass is 79.9. The van der Waals surface area contributed by atoms with Gasteiger partial charge < -0.3 is 10.6 Å². The first kappa shape index (κ1) is 12.6. The van der Waals surface area contributed by atoms with Crippen LogP contribution in [0, 0.1) is 0 Å². The fraction of sp³-hybridized carbons (Fsp3) is 0.267. The van der Waals surface area contributed by atoms with E-state index < -0.39 is 0 Å². The summed E-state index contributed by atoms with van der Waals surface area (Å²) in [6.45, 7) is 1.83. The fourth-order valence-corrected chi connectivity index (χ4v) is 2.80. The van der Waals surface area contributed by atoms with Crippen molar-refractivity contribution in [2.24, 2.45) is 0 Å². The molecular weight excluding hydrogens is 302 g/mol. The normalized spacial score (nSPS) is 18.3. The van der Waals surface area contributed by atoms with Gasteiger partial charge in [0.25, 0.3) is 0 Å². The molecule has 2 N–H and O–H groups in total. The van der Waals surface area contributed by atoms with Gasteiger partial charge in [-0.2, -0.15) is 0 Å². The maximum atomic E-state index is 4.17. The molecule has 3 rings (SSSR count). The van der Waals surface area contributed by atoms with Gasteiger partial charge in [0, 0.05) is 41.7 Å². The monoisotopic (exact) mass is 317 g/mol. The molecule has 4 heteroatoms. The van der Waals surface area contributed by atoms with Crippen molar-refractivity contribution in [1.82, 2.24) is 10.3 Å². The van der Waals surface area contributed by atoms with Crippen LogP contribution in [0.5, 0.6) is 0 Å². The number of pyridine rings is 1. The van der Waals surface area contributed by atoms with Crippen molar-refractivity contribution in [3.63, 3.8) is 0 Å². The highest BCUT2D eigenvalue weighted by Gasteiger charge is 2.15. The Morgan fingerprint density at radius 2 is 2.26 bits per heavy atom. The van der Waals surface area contributed by atoms with Crippen LogP contribution in [0.2, 0.25) is 0 Å². The average Bonchev–Trinajstić information content (AvgIpc) is 2.63. The fourth-order valence-electron chi connectivity index (χ4n) is 2.39. The lowest BCUT2D eigenvalue weighted by Gasteiger charge is -2.15. The zero-order valence-electron chi connectivity index (χ0n) is 10.6. The van der Waals surface area contributed by atoms with Crippen molar-refractivity contribution in [3.05, 3.63) is 58.3 Å². The van der Waals surface area contributed by atoms with E-state index in [1.165, 1.54) is 16.8 Å². The van der Waals surface area contributed by atoms with E-state index in [4.69, 9.17) is 0 Å². The summed E-state index contributed by atoms with van der Waals surface area (Å²) in [7, 11) is 0. The number of rotatable bonds is 2. The molecule has 19 heavy (non-hydrogen) atoms. The van der Waals surface area contributed by atoms with Gasteiger partial charge in [-0.05, 0) is 41.8 Å². The van der Waals surface area contributed by atoms with Crippen LogP contribution in [0.4, 0.5) is 5.69 Å². The Labute approximate surface area is 121 Å². The Morgan fingerprint density at radius 3 is 3.11 bits per heavy atom. The van der Waals surface area contributed by atoms with Crippen molar-refractivity contribution in [2.45, 2.75) is 19.0 Å². The molecule has 2 aromatic rings. The Morgan fingerprint density at radius 1 is 1.32 bits per heavy atom. The largest absolute Gasteiger partial charge is 0.383 e.